The summed E-state index contributed by atoms with van der Waals surface area (Å²) in [6, 6.07) is 2.48. The lowest BCUT2D eigenvalue weighted by Gasteiger charge is -2.31. The molecule has 0 spiro atoms. The number of allylic oxidation sites excluding steroid dienone is 1. The summed E-state index contributed by atoms with van der Waals surface area (Å²) in [5.41, 5.74) is 1.10. The van der Waals surface area contributed by atoms with Crippen molar-refractivity contribution in [2.24, 2.45) is 5.41 Å². The molecule has 1 aliphatic rings. The van der Waals surface area contributed by atoms with Crippen LogP contribution in [0.1, 0.15) is 32.6 Å². The standard InChI is InChI=1S/C11H18N2/c1-3-10(2)8-11(9-12)4-6-13-7-5-11/h13H,2-8H2,1H3. The summed E-state index contributed by atoms with van der Waals surface area (Å²) in [6.07, 6.45) is 3.84. The van der Waals surface area contributed by atoms with Gasteiger partial charge in [-0.2, -0.15) is 5.26 Å². The van der Waals surface area contributed by atoms with Crippen LogP contribution in [0.3, 0.4) is 0 Å². The first kappa shape index (κ1) is 10.3. The number of hydrogen-bond acceptors (Lipinski definition) is 2. The van der Waals surface area contributed by atoms with Crippen LogP contribution in [0, 0.1) is 16.7 Å². The number of piperidine rings is 1. The van der Waals surface area contributed by atoms with Crippen LogP contribution in [-0.4, -0.2) is 13.1 Å². The zero-order valence-corrected chi connectivity index (χ0v) is 8.40. The van der Waals surface area contributed by atoms with E-state index < -0.39 is 0 Å². The summed E-state index contributed by atoms with van der Waals surface area (Å²) in [5.74, 6) is 0. The predicted octanol–water partition coefficient (Wildman–Crippen LogP) is 2.24. The molecule has 1 fully saturated rings. The zero-order chi connectivity index (χ0) is 9.73. The van der Waals surface area contributed by atoms with Crippen molar-refractivity contribution in [3.63, 3.8) is 0 Å². The van der Waals surface area contributed by atoms with Gasteiger partial charge in [-0.15, -0.1) is 0 Å². The molecule has 0 unspecified atom stereocenters. The van der Waals surface area contributed by atoms with Crippen molar-refractivity contribution in [3.8, 4) is 6.07 Å². The molecule has 0 bridgehead atoms. The van der Waals surface area contributed by atoms with Gasteiger partial charge < -0.3 is 5.32 Å². The third-order valence-corrected chi connectivity index (χ3v) is 2.89. The first-order chi connectivity index (χ1) is 6.22. The summed E-state index contributed by atoms with van der Waals surface area (Å²) in [4.78, 5) is 0. The number of nitrogens with one attached hydrogen (secondary N) is 1. The van der Waals surface area contributed by atoms with E-state index in [2.05, 4.69) is 24.9 Å². The second-order valence-electron chi connectivity index (χ2n) is 3.92. The highest BCUT2D eigenvalue weighted by atomic mass is 14.9. The van der Waals surface area contributed by atoms with E-state index in [0.29, 0.717) is 0 Å². The van der Waals surface area contributed by atoms with E-state index >= 15 is 0 Å². The second-order valence-corrected chi connectivity index (χ2v) is 3.92. The lowest BCUT2D eigenvalue weighted by Crippen LogP contribution is -2.36. The molecule has 0 aromatic rings. The molecule has 0 amide bonds. The minimum Gasteiger partial charge on any atom is -0.317 e. The van der Waals surface area contributed by atoms with Gasteiger partial charge in [0.25, 0.3) is 0 Å². The van der Waals surface area contributed by atoms with Gasteiger partial charge >= 0.3 is 0 Å². The highest BCUT2D eigenvalue weighted by molar-refractivity contribution is 5.10. The van der Waals surface area contributed by atoms with Gasteiger partial charge in [-0.05, 0) is 38.8 Å². The number of hydrogen-bond donors (Lipinski definition) is 1. The normalized spacial score (nSPS) is 20.6. The third kappa shape index (κ3) is 2.57. The first-order valence-corrected chi connectivity index (χ1v) is 5.01. The number of rotatable bonds is 3. The number of nitriles is 1. The molecule has 1 aliphatic heterocycles. The molecule has 13 heavy (non-hydrogen) atoms. The Morgan fingerprint density at radius 2 is 2.15 bits per heavy atom. The van der Waals surface area contributed by atoms with Crippen LogP contribution in [0.4, 0.5) is 0 Å². The van der Waals surface area contributed by atoms with Crippen molar-refractivity contribution < 1.29 is 0 Å². The largest absolute Gasteiger partial charge is 0.317 e. The van der Waals surface area contributed by atoms with Crippen LogP contribution in [0.2, 0.25) is 0 Å². The molecule has 0 aliphatic carbocycles. The maximum Gasteiger partial charge on any atom is 0.0694 e. The Bertz CT molecular complexity index is 219. The van der Waals surface area contributed by atoms with E-state index in [1.807, 2.05) is 0 Å². The van der Waals surface area contributed by atoms with Crippen molar-refractivity contribution in [1.82, 2.24) is 5.32 Å². The summed E-state index contributed by atoms with van der Waals surface area (Å²) >= 11 is 0. The second kappa shape index (κ2) is 4.43. The molecule has 1 rings (SSSR count). The Morgan fingerprint density at radius 1 is 1.54 bits per heavy atom. The summed E-state index contributed by atoms with van der Waals surface area (Å²) in [6.45, 7) is 8.05. The van der Waals surface area contributed by atoms with Crippen LogP contribution >= 0.6 is 0 Å². The maximum atomic E-state index is 9.17. The Morgan fingerprint density at radius 3 is 2.62 bits per heavy atom. The van der Waals surface area contributed by atoms with Crippen molar-refractivity contribution in [3.05, 3.63) is 12.2 Å². The van der Waals surface area contributed by atoms with Crippen LogP contribution in [-0.2, 0) is 0 Å². The van der Waals surface area contributed by atoms with E-state index in [1.165, 1.54) is 5.57 Å². The molecular formula is C11H18N2. The molecule has 0 aromatic carbocycles. The van der Waals surface area contributed by atoms with Crippen LogP contribution in [0.15, 0.2) is 12.2 Å². The molecule has 0 atom stereocenters. The molecule has 0 aromatic heterocycles. The Labute approximate surface area is 80.6 Å². The Kier molecular flexibility index (Phi) is 3.50. The van der Waals surface area contributed by atoms with Crippen molar-refractivity contribution in [2.75, 3.05) is 13.1 Å². The summed E-state index contributed by atoms with van der Waals surface area (Å²) < 4.78 is 0. The van der Waals surface area contributed by atoms with Crippen molar-refractivity contribution >= 4 is 0 Å². The fraction of sp³-hybridized carbons (Fsp3) is 0.727. The topological polar surface area (TPSA) is 35.8 Å². The van der Waals surface area contributed by atoms with E-state index in [0.717, 1.165) is 38.8 Å². The Hall–Kier alpha value is -0.810. The monoisotopic (exact) mass is 178 g/mol. The van der Waals surface area contributed by atoms with Gasteiger partial charge in [-0.25, -0.2) is 0 Å². The molecule has 2 nitrogen and oxygen atoms in total. The minimum absolute atomic E-state index is 0.113. The van der Waals surface area contributed by atoms with E-state index in [9.17, 15) is 0 Å². The van der Waals surface area contributed by atoms with Crippen LogP contribution in [0.5, 0.6) is 0 Å². The number of nitrogens with zero attached hydrogens (tertiary/aromatic N) is 1. The molecule has 2 heteroatoms. The van der Waals surface area contributed by atoms with Gasteiger partial charge in [0.05, 0.1) is 11.5 Å². The smallest absolute Gasteiger partial charge is 0.0694 e. The van der Waals surface area contributed by atoms with Crippen molar-refractivity contribution in [2.45, 2.75) is 32.6 Å². The predicted molar refractivity (Wildman–Crippen MR) is 54.2 cm³/mol. The summed E-state index contributed by atoms with van der Waals surface area (Å²) in [7, 11) is 0. The van der Waals surface area contributed by atoms with Gasteiger partial charge in [0.15, 0.2) is 0 Å². The quantitative estimate of drug-likeness (QED) is 0.673. The maximum absolute atomic E-state index is 9.17. The molecule has 1 heterocycles. The summed E-state index contributed by atoms with van der Waals surface area (Å²) in [5, 5.41) is 12.5. The average Bonchev–Trinajstić information content (AvgIpc) is 2.19. The first-order valence-electron chi connectivity index (χ1n) is 5.01. The molecule has 0 radical (unpaired) electrons. The Balaban J connectivity index is 2.59. The minimum atomic E-state index is -0.113. The van der Waals surface area contributed by atoms with E-state index in [1.54, 1.807) is 0 Å². The fourth-order valence-corrected chi connectivity index (χ4v) is 1.84. The van der Waals surface area contributed by atoms with Crippen LogP contribution in [0.25, 0.3) is 0 Å². The van der Waals surface area contributed by atoms with Gasteiger partial charge in [-0.1, -0.05) is 19.1 Å². The van der Waals surface area contributed by atoms with Crippen LogP contribution < -0.4 is 5.32 Å². The van der Waals surface area contributed by atoms with Gasteiger partial charge in [0.2, 0.25) is 0 Å². The molecule has 1 N–H and O–H groups in total. The zero-order valence-electron chi connectivity index (χ0n) is 8.40. The lowest BCUT2D eigenvalue weighted by atomic mass is 9.75. The van der Waals surface area contributed by atoms with Crippen molar-refractivity contribution in [1.29, 1.82) is 5.26 Å². The SMILES string of the molecule is C=C(CC)CC1(C#N)CCNCC1. The van der Waals surface area contributed by atoms with Gasteiger partial charge in [0.1, 0.15) is 0 Å². The van der Waals surface area contributed by atoms with E-state index in [-0.39, 0.29) is 5.41 Å². The molecule has 0 saturated carbocycles. The fourth-order valence-electron chi connectivity index (χ4n) is 1.84. The van der Waals surface area contributed by atoms with E-state index in [4.69, 9.17) is 5.26 Å². The third-order valence-electron chi connectivity index (χ3n) is 2.89. The molecule has 72 valence electrons. The highest BCUT2D eigenvalue weighted by Crippen LogP contribution is 2.34. The lowest BCUT2D eigenvalue weighted by molar-refractivity contribution is 0.278. The van der Waals surface area contributed by atoms with Gasteiger partial charge in [0, 0.05) is 0 Å². The molecule has 1 saturated heterocycles. The van der Waals surface area contributed by atoms with Gasteiger partial charge in [-0.3, -0.25) is 0 Å². The highest BCUT2D eigenvalue weighted by Gasteiger charge is 2.31. The molecular weight excluding hydrogens is 160 g/mol. The average molecular weight is 178 g/mol.